The first-order valence-electron chi connectivity index (χ1n) is 9.84. The Kier molecular flexibility index (Phi) is 7.68. The molecule has 2 atom stereocenters. The predicted octanol–water partition coefficient (Wildman–Crippen LogP) is 2.41. The van der Waals surface area contributed by atoms with Gasteiger partial charge in [0, 0.05) is 26.2 Å². The number of rotatable bonds is 6. The van der Waals surface area contributed by atoms with Gasteiger partial charge in [-0.1, -0.05) is 33.8 Å². The Labute approximate surface area is 170 Å². The lowest BCUT2D eigenvalue weighted by molar-refractivity contribution is -0.136. The first kappa shape index (κ1) is 22.8. The van der Waals surface area contributed by atoms with Crippen LogP contribution in [0, 0.1) is 34.8 Å². The molecule has 2 rings (SSSR count). The third kappa shape index (κ3) is 5.30. The summed E-state index contributed by atoms with van der Waals surface area (Å²) < 4.78 is 27.8. The highest BCUT2D eigenvalue weighted by Crippen LogP contribution is 2.17. The summed E-state index contributed by atoms with van der Waals surface area (Å²) in [6.45, 7) is 9.47. The number of carbonyl (C=O) groups is 2. The van der Waals surface area contributed by atoms with E-state index < -0.39 is 29.1 Å². The van der Waals surface area contributed by atoms with Crippen molar-refractivity contribution in [2.45, 2.75) is 39.8 Å². The molecule has 1 aromatic rings. The van der Waals surface area contributed by atoms with Crippen LogP contribution in [-0.2, 0) is 4.79 Å². The lowest BCUT2D eigenvalue weighted by atomic mass is 10.0. The summed E-state index contributed by atoms with van der Waals surface area (Å²) in [6.07, 6.45) is 0. The number of piperazine rings is 1. The molecule has 0 spiro atoms. The second-order valence-corrected chi connectivity index (χ2v) is 7.97. The number of nitriles is 1. The van der Waals surface area contributed by atoms with Crippen LogP contribution in [0.1, 0.15) is 38.1 Å². The van der Waals surface area contributed by atoms with E-state index in [1.165, 1.54) is 6.07 Å². The third-order valence-corrected chi connectivity index (χ3v) is 5.19. The van der Waals surface area contributed by atoms with E-state index in [1.54, 1.807) is 18.7 Å². The maximum atomic E-state index is 13.9. The van der Waals surface area contributed by atoms with Gasteiger partial charge in [0.2, 0.25) is 5.91 Å². The highest BCUT2D eigenvalue weighted by atomic mass is 19.1. The number of hydrogen-bond donors (Lipinski definition) is 1. The van der Waals surface area contributed by atoms with Gasteiger partial charge in [0.05, 0.1) is 6.07 Å². The van der Waals surface area contributed by atoms with Gasteiger partial charge in [-0.25, -0.2) is 8.78 Å². The summed E-state index contributed by atoms with van der Waals surface area (Å²) in [7, 11) is 0. The van der Waals surface area contributed by atoms with Crippen molar-refractivity contribution in [3.05, 3.63) is 35.4 Å². The fraction of sp³-hybridized carbons (Fsp3) is 0.571. The molecule has 1 N–H and O–H groups in total. The molecule has 0 aromatic heterocycles. The number of amides is 2. The molecule has 1 aromatic carbocycles. The molecule has 2 amide bonds. The van der Waals surface area contributed by atoms with E-state index in [9.17, 15) is 23.6 Å². The number of halogens is 2. The van der Waals surface area contributed by atoms with Crippen molar-refractivity contribution < 1.29 is 18.4 Å². The zero-order valence-electron chi connectivity index (χ0n) is 17.3. The maximum Gasteiger partial charge on any atom is 0.257 e. The second-order valence-electron chi connectivity index (χ2n) is 7.97. The van der Waals surface area contributed by atoms with Crippen LogP contribution in [0.3, 0.4) is 0 Å². The van der Waals surface area contributed by atoms with E-state index in [2.05, 4.69) is 11.4 Å². The van der Waals surface area contributed by atoms with Gasteiger partial charge in [-0.2, -0.15) is 5.26 Å². The van der Waals surface area contributed by atoms with E-state index in [0.717, 1.165) is 12.1 Å². The molecule has 1 aliphatic heterocycles. The van der Waals surface area contributed by atoms with Crippen LogP contribution >= 0.6 is 0 Å². The van der Waals surface area contributed by atoms with E-state index in [4.69, 9.17) is 0 Å². The summed E-state index contributed by atoms with van der Waals surface area (Å²) in [5, 5.41) is 11.9. The lowest BCUT2D eigenvalue weighted by Crippen LogP contribution is -2.58. The zero-order valence-corrected chi connectivity index (χ0v) is 17.3. The van der Waals surface area contributed by atoms with Gasteiger partial charge in [0.25, 0.3) is 5.91 Å². The van der Waals surface area contributed by atoms with Crippen molar-refractivity contribution in [1.82, 2.24) is 15.1 Å². The molecule has 1 saturated heterocycles. The Hall–Kier alpha value is -2.53. The number of hydrogen-bond acceptors (Lipinski definition) is 4. The Bertz CT molecular complexity index is 763. The van der Waals surface area contributed by atoms with Gasteiger partial charge in [-0.15, -0.1) is 0 Å². The van der Waals surface area contributed by atoms with Gasteiger partial charge < -0.3 is 10.2 Å². The first-order chi connectivity index (χ1) is 13.7. The molecule has 2 unspecified atom stereocenters. The summed E-state index contributed by atoms with van der Waals surface area (Å²) >= 11 is 0. The van der Waals surface area contributed by atoms with Crippen LogP contribution < -0.4 is 5.32 Å². The summed E-state index contributed by atoms with van der Waals surface area (Å²) in [5.74, 6) is -3.26. The average Bonchev–Trinajstić information content (AvgIpc) is 2.66. The second kappa shape index (κ2) is 9.79. The molecule has 158 valence electrons. The standard InChI is InChI=1S/C21H28F2N4O2/c1-13(2)17(12-24)26-8-10-27(11-9-26)21(29)19(14(3)4)25-20(28)18-15(22)6-5-7-16(18)23/h5-7,13-14,17,19H,8-11H2,1-4H3,(H,25,28). The fourth-order valence-electron chi connectivity index (χ4n) is 3.51. The van der Waals surface area contributed by atoms with Crippen molar-refractivity contribution in [2.75, 3.05) is 26.2 Å². The molecule has 0 aliphatic carbocycles. The molecule has 8 heteroatoms. The number of nitrogens with one attached hydrogen (secondary N) is 1. The third-order valence-electron chi connectivity index (χ3n) is 5.19. The highest BCUT2D eigenvalue weighted by Gasteiger charge is 2.33. The summed E-state index contributed by atoms with van der Waals surface area (Å²) in [6, 6.07) is 4.38. The van der Waals surface area contributed by atoms with Crippen molar-refractivity contribution in [3.8, 4) is 6.07 Å². The average molecular weight is 406 g/mol. The summed E-state index contributed by atoms with van der Waals surface area (Å²) in [4.78, 5) is 29.1. The minimum atomic E-state index is -0.970. The number of benzene rings is 1. The van der Waals surface area contributed by atoms with Crippen molar-refractivity contribution >= 4 is 11.8 Å². The van der Waals surface area contributed by atoms with Crippen LogP contribution in [0.2, 0.25) is 0 Å². The SMILES string of the molecule is CC(C)C(NC(=O)c1c(F)cccc1F)C(=O)N1CCN(C(C#N)C(C)C)CC1. The maximum absolute atomic E-state index is 13.9. The number of nitrogens with zero attached hydrogens (tertiary/aromatic N) is 3. The van der Waals surface area contributed by atoms with Crippen molar-refractivity contribution in [1.29, 1.82) is 5.26 Å². The fourth-order valence-corrected chi connectivity index (χ4v) is 3.51. The van der Waals surface area contributed by atoms with Gasteiger partial charge in [-0.3, -0.25) is 14.5 Å². The van der Waals surface area contributed by atoms with Crippen molar-refractivity contribution in [2.24, 2.45) is 11.8 Å². The van der Waals surface area contributed by atoms with Gasteiger partial charge in [0.1, 0.15) is 29.3 Å². The smallest absolute Gasteiger partial charge is 0.257 e. The number of carbonyl (C=O) groups excluding carboxylic acids is 2. The Morgan fingerprint density at radius 2 is 1.59 bits per heavy atom. The van der Waals surface area contributed by atoms with Gasteiger partial charge in [0.15, 0.2) is 0 Å². The molecule has 0 bridgehead atoms. The first-order valence-corrected chi connectivity index (χ1v) is 9.84. The van der Waals surface area contributed by atoms with E-state index in [0.29, 0.717) is 26.2 Å². The van der Waals surface area contributed by atoms with Gasteiger partial charge >= 0.3 is 0 Å². The van der Waals surface area contributed by atoms with Crippen LogP contribution in [0.5, 0.6) is 0 Å². The molecular formula is C21H28F2N4O2. The molecule has 29 heavy (non-hydrogen) atoms. The molecule has 1 heterocycles. The Balaban J connectivity index is 2.07. The van der Waals surface area contributed by atoms with Crippen LogP contribution in [0.25, 0.3) is 0 Å². The lowest BCUT2D eigenvalue weighted by Gasteiger charge is -2.39. The molecule has 0 radical (unpaired) electrons. The monoisotopic (exact) mass is 406 g/mol. The molecule has 6 nitrogen and oxygen atoms in total. The largest absolute Gasteiger partial charge is 0.340 e. The molecular weight excluding hydrogens is 378 g/mol. The zero-order chi connectivity index (χ0) is 21.7. The Morgan fingerprint density at radius 3 is 2.03 bits per heavy atom. The minimum Gasteiger partial charge on any atom is -0.340 e. The normalized spacial score (nSPS) is 17.1. The van der Waals surface area contributed by atoms with E-state index >= 15 is 0 Å². The van der Waals surface area contributed by atoms with Crippen LogP contribution in [0.4, 0.5) is 8.78 Å². The Morgan fingerprint density at radius 1 is 1.03 bits per heavy atom. The van der Waals surface area contributed by atoms with E-state index in [-0.39, 0.29) is 23.8 Å². The van der Waals surface area contributed by atoms with E-state index in [1.807, 2.05) is 18.7 Å². The van der Waals surface area contributed by atoms with Crippen LogP contribution in [-0.4, -0.2) is 59.9 Å². The quantitative estimate of drug-likeness (QED) is 0.787. The molecule has 1 aliphatic rings. The van der Waals surface area contributed by atoms with Crippen molar-refractivity contribution in [3.63, 3.8) is 0 Å². The molecule has 1 fully saturated rings. The minimum absolute atomic E-state index is 0.181. The summed E-state index contributed by atoms with van der Waals surface area (Å²) in [5.41, 5.74) is -0.690. The van der Waals surface area contributed by atoms with Crippen LogP contribution in [0.15, 0.2) is 18.2 Å². The molecule has 0 saturated carbocycles. The topological polar surface area (TPSA) is 76.4 Å². The highest BCUT2D eigenvalue weighted by molar-refractivity contribution is 5.98. The predicted molar refractivity (Wildman–Crippen MR) is 105 cm³/mol. The van der Waals surface area contributed by atoms with Gasteiger partial charge in [-0.05, 0) is 24.0 Å².